The van der Waals surface area contributed by atoms with Crippen molar-refractivity contribution in [1.82, 2.24) is 19.7 Å². The van der Waals surface area contributed by atoms with E-state index in [2.05, 4.69) is 20.4 Å². The predicted octanol–water partition coefficient (Wildman–Crippen LogP) is 5.36. The first kappa shape index (κ1) is 20.2. The van der Waals surface area contributed by atoms with Crippen LogP contribution in [0.2, 0.25) is 10.0 Å². The van der Waals surface area contributed by atoms with Crippen molar-refractivity contribution in [3.05, 3.63) is 63.9 Å². The van der Waals surface area contributed by atoms with E-state index in [1.165, 1.54) is 10.7 Å². The number of aromatic nitrogens is 4. The fourth-order valence-electron chi connectivity index (χ4n) is 2.18. The molecule has 0 aliphatic carbocycles. The zero-order chi connectivity index (χ0) is 19.8. The number of hydrogen-bond acceptors (Lipinski definition) is 4. The van der Waals surface area contributed by atoms with Crippen LogP contribution < -0.4 is 5.32 Å². The molecule has 6 nitrogen and oxygen atoms in total. The molecule has 0 spiro atoms. The summed E-state index contributed by atoms with van der Waals surface area (Å²) < 4.78 is -0.701. The van der Waals surface area contributed by atoms with Crippen molar-refractivity contribution in [2.24, 2.45) is 0 Å². The van der Waals surface area contributed by atoms with Crippen molar-refractivity contribution in [2.75, 3.05) is 5.32 Å². The Balaban J connectivity index is 2.02. The summed E-state index contributed by atoms with van der Waals surface area (Å²) in [6, 6.07) is 6.34. The van der Waals surface area contributed by atoms with Gasteiger partial charge in [-0.3, -0.25) is 9.78 Å². The number of nitrogens with one attached hydrogen (secondary N) is 1. The highest BCUT2D eigenvalue weighted by Crippen LogP contribution is 2.38. The molecule has 3 aromatic rings. The number of rotatable bonds is 3. The number of carbonyl (C=O) groups excluding carboxylic acids is 1. The summed E-state index contributed by atoms with van der Waals surface area (Å²) in [6.07, 6.45) is 3.17. The lowest BCUT2D eigenvalue weighted by atomic mass is 10.2. The van der Waals surface area contributed by atoms with Gasteiger partial charge in [0.2, 0.25) is 9.62 Å². The quantitative estimate of drug-likeness (QED) is 0.529. The fraction of sp³-hybridized carbons (Fsp3) is 0.125. The maximum atomic E-state index is 12.6. The van der Waals surface area contributed by atoms with E-state index in [0.29, 0.717) is 16.4 Å². The molecule has 0 atom stereocenters. The maximum Gasteiger partial charge on any atom is 0.295 e. The van der Waals surface area contributed by atoms with Crippen molar-refractivity contribution in [3.63, 3.8) is 0 Å². The zero-order valence-corrected chi connectivity index (χ0v) is 17.3. The van der Waals surface area contributed by atoms with Crippen molar-refractivity contribution < 1.29 is 4.79 Å². The van der Waals surface area contributed by atoms with Crippen molar-refractivity contribution in [3.8, 4) is 5.69 Å². The second kappa shape index (κ2) is 7.81. The van der Waals surface area contributed by atoms with E-state index in [1.807, 2.05) is 0 Å². The minimum absolute atomic E-state index is 0.0671. The molecule has 0 unspecified atom stereocenters. The molecule has 0 aliphatic heterocycles. The molecular weight excluding hydrogens is 455 g/mol. The molecule has 1 N–H and O–H groups in total. The SMILES string of the molecule is Cc1cnccc1NC(=O)c1nc(C(Cl)(Cl)Cl)n(-c2ccc(Cl)c(Cl)c2)n1. The van der Waals surface area contributed by atoms with Crippen LogP contribution in [-0.2, 0) is 3.79 Å². The average Bonchev–Trinajstić information content (AvgIpc) is 3.05. The first-order chi connectivity index (χ1) is 12.7. The third kappa shape index (κ3) is 4.47. The Morgan fingerprint density at radius 2 is 1.89 bits per heavy atom. The van der Waals surface area contributed by atoms with E-state index in [9.17, 15) is 4.79 Å². The number of nitrogens with zero attached hydrogens (tertiary/aromatic N) is 4. The maximum absolute atomic E-state index is 12.6. The van der Waals surface area contributed by atoms with Crippen molar-refractivity contribution in [2.45, 2.75) is 10.7 Å². The third-order valence-corrected chi connectivity index (χ3v) is 4.73. The highest BCUT2D eigenvalue weighted by Gasteiger charge is 2.33. The Hall–Kier alpha value is -1.57. The summed E-state index contributed by atoms with van der Waals surface area (Å²) in [5.41, 5.74) is 1.77. The topological polar surface area (TPSA) is 72.7 Å². The summed E-state index contributed by atoms with van der Waals surface area (Å²) in [5, 5.41) is 7.49. The van der Waals surface area contributed by atoms with Gasteiger partial charge in [0.05, 0.1) is 15.7 Å². The van der Waals surface area contributed by atoms with Crippen LogP contribution in [-0.4, -0.2) is 25.7 Å². The van der Waals surface area contributed by atoms with Crippen LogP contribution >= 0.6 is 58.0 Å². The Morgan fingerprint density at radius 1 is 1.15 bits per heavy atom. The van der Waals surface area contributed by atoms with Crippen molar-refractivity contribution >= 4 is 69.6 Å². The van der Waals surface area contributed by atoms with Gasteiger partial charge in [0.25, 0.3) is 5.91 Å². The Bertz CT molecular complexity index is 1010. The summed E-state index contributed by atoms with van der Waals surface area (Å²) in [7, 11) is 0. The van der Waals surface area contributed by atoms with Crippen LogP contribution in [0.1, 0.15) is 22.0 Å². The van der Waals surface area contributed by atoms with Crippen molar-refractivity contribution in [1.29, 1.82) is 0 Å². The monoisotopic (exact) mass is 463 g/mol. The molecule has 0 aliphatic rings. The molecule has 3 rings (SSSR count). The molecule has 0 saturated carbocycles. The number of alkyl halides is 3. The summed E-state index contributed by atoms with van der Waals surface area (Å²) >= 11 is 30.0. The summed E-state index contributed by atoms with van der Waals surface area (Å²) in [6.45, 7) is 1.80. The largest absolute Gasteiger partial charge is 0.319 e. The highest BCUT2D eigenvalue weighted by atomic mass is 35.6. The van der Waals surface area contributed by atoms with Crippen LogP contribution in [0.3, 0.4) is 0 Å². The lowest BCUT2D eigenvalue weighted by molar-refractivity contribution is 0.101. The molecule has 0 saturated heterocycles. The second-order valence-electron chi connectivity index (χ2n) is 5.41. The van der Waals surface area contributed by atoms with Gasteiger partial charge in [-0.15, -0.1) is 5.10 Å². The Morgan fingerprint density at radius 3 is 2.52 bits per heavy atom. The van der Waals surface area contributed by atoms with Gasteiger partial charge in [0.1, 0.15) is 0 Å². The predicted molar refractivity (Wildman–Crippen MR) is 108 cm³/mol. The number of halogens is 5. The summed E-state index contributed by atoms with van der Waals surface area (Å²) in [4.78, 5) is 20.6. The number of benzene rings is 1. The number of hydrogen-bond donors (Lipinski definition) is 1. The zero-order valence-electron chi connectivity index (χ0n) is 13.6. The van der Waals surface area contributed by atoms with Crippen LogP contribution in [0.25, 0.3) is 5.69 Å². The normalized spacial score (nSPS) is 11.5. The molecule has 140 valence electrons. The van der Waals surface area contributed by atoms with E-state index in [-0.39, 0.29) is 16.7 Å². The smallest absolute Gasteiger partial charge is 0.295 e. The van der Waals surface area contributed by atoms with E-state index >= 15 is 0 Å². The number of carbonyl (C=O) groups is 1. The van der Waals surface area contributed by atoms with Gasteiger partial charge in [-0.2, -0.15) is 0 Å². The highest BCUT2D eigenvalue weighted by molar-refractivity contribution is 6.66. The average molecular weight is 466 g/mol. The van der Waals surface area contributed by atoms with Crippen LogP contribution in [0.4, 0.5) is 5.69 Å². The van der Waals surface area contributed by atoms with Crippen LogP contribution in [0.5, 0.6) is 0 Å². The molecule has 1 aromatic carbocycles. The molecule has 1 amide bonds. The van der Waals surface area contributed by atoms with E-state index in [1.54, 1.807) is 37.5 Å². The molecule has 2 aromatic heterocycles. The molecular formula is C16H10Cl5N5O. The summed E-state index contributed by atoms with van der Waals surface area (Å²) in [5.74, 6) is -0.820. The number of anilines is 1. The Kier molecular flexibility index (Phi) is 5.84. The molecule has 0 fully saturated rings. The van der Waals surface area contributed by atoms with Gasteiger partial charge in [0, 0.05) is 18.1 Å². The standard InChI is InChI=1S/C16H10Cl5N5O/c1-8-7-22-5-4-12(8)23-14(27)13-24-15(16(19,20)21)26(25-13)9-2-3-10(17)11(18)6-9/h2-7H,1H3,(H,22,23,27). The lowest BCUT2D eigenvalue weighted by Gasteiger charge is -2.12. The van der Waals surface area contributed by atoms with Gasteiger partial charge in [-0.05, 0) is 36.8 Å². The number of pyridine rings is 1. The third-order valence-electron chi connectivity index (χ3n) is 3.48. The van der Waals surface area contributed by atoms with Gasteiger partial charge < -0.3 is 5.32 Å². The van der Waals surface area contributed by atoms with Gasteiger partial charge in [-0.25, -0.2) is 9.67 Å². The minimum atomic E-state index is -1.93. The first-order valence-corrected chi connectivity index (χ1v) is 9.27. The number of amides is 1. The molecule has 27 heavy (non-hydrogen) atoms. The fourth-order valence-corrected chi connectivity index (χ4v) is 2.84. The number of aryl methyl sites for hydroxylation is 1. The van der Waals surface area contributed by atoms with Gasteiger partial charge in [0.15, 0.2) is 5.82 Å². The molecule has 0 bridgehead atoms. The lowest BCUT2D eigenvalue weighted by Crippen LogP contribution is -2.15. The van der Waals surface area contributed by atoms with Gasteiger partial charge >= 0.3 is 0 Å². The van der Waals surface area contributed by atoms with Crippen LogP contribution in [0.15, 0.2) is 36.7 Å². The molecule has 0 radical (unpaired) electrons. The molecule has 11 heteroatoms. The Labute approximate surface area is 179 Å². The molecule has 2 heterocycles. The van der Waals surface area contributed by atoms with Gasteiger partial charge in [-0.1, -0.05) is 58.0 Å². The van der Waals surface area contributed by atoms with E-state index in [4.69, 9.17) is 58.0 Å². The van der Waals surface area contributed by atoms with Crippen LogP contribution in [0, 0.1) is 6.92 Å². The van der Waals surface area contributed by atoms with E-state index in [0.717, 1.165) is 5.56 Å². The first-order valence-electron chi connectivity index (χ1n) is 7.38. The minimum Gasteiger partial charge on any atom is -0.319 e. The second-order valence-corrected chi connectivity index (χ2v) is 8.51. The van der Waals surface area contributed by atoms with E-state index < -0.39 is 9.70 Å².